The molecule has 0 radical (unpaired) electrons. The summed E-state index contributed by atoms with van der Waals surface area (Å²) in [5, 5.41) is 4.40. The van der Waals surface area contributed by atoms with Gasteiger partial charge in [0.2, 0.25) is 5.75 Å². The summed E-state index contributed by atoms with van der Waals surface area (Å²) in [6.45, 7) is 0. The smallest absolute Gasteiger partial charge is 0.257 e. The predicted octanol–water partition coefficient (Wildman–Crippen LogP) is 3.10. The van der Waals surface area contributed by atoms with E-state index < -0.39 is 0 Å². The van der Waals surface area contributed by atoms with Crippen molar-refractivity contribution in [3.63, 3.8) is 0 Å². The van der Waals surface area contributed by atoms with E-state index in [2.05, 4.69) is 15.5 Å². The fourth-order valence-corrected chi connectivity index (χ4v) is 3.06. The molecule has 1 N–H and O–H groups in total. The van der Waals surface area contributed by atoms with Crippen molar-refractivity contribution in [2.24, 2.45) is 5.10 Å². The van der Waals surface area contributed by atoms with Gasteiger partial charge >= 0.3 is 0 Å². The van der Waals surface area contributed by atoms with Crippen LogP contribution < -0.4 is 19.6 Å². The quantitative estimate of drug-likeness (QED) is 0.352. The number of methoxy groups -OCH3 is 3. The summed E-state index contributed by atoms with van der Waals surface area (Å²) in [4.78, 5) is 16.3. The van der Waals surface area contributed by atoms with E-state index in [0.29, 0.717) is 33.6 Å². The van der Waals surface area contributed by atoms with Gasteiger partial charge in [0.1, 0.15) is 5.52 Å². The molecule has 0 bridgehead atoms. The van der Waals surface area contributed by atoms with Crippen LogP contribution in [-0.4, -0.2) is 44.2 Å². The number of hydrogen-bond donors (Lipinski definition) is 1. The number of nitrogens with zero attached hydrogens (tertiary/aromatic N) is 2. The summed E-state index contributed by atoms with van der Waals surface area (Å²) >= 11 is 1.20. The second-order valence-corrected chi connectivity index (χ2v) is 6.41. The van der Waals surface area contributed by atoms with Crippen LogP contribution in [0.25, 0.3) is 11.1 Å². The molecule has 0 aliphatic rings. The molecule has 1 heterocycles. The van der Waals surface area contributed by atoms with E-state index in [1.807, 2.05) is 24.3 Å². The first-order chi connectivity index (χ1) is 13.6. The zero-order chi connectivity index (χ0) is 19.9. The van der Waals surface area contributed by atoms with Crippen LogP contribution in [0.15, 0.2) is 51.1 Å². The number of hydrazone groups is 1. The van der Waals surface area contributed by atoms with Crippen molar-refractivity contribution in [1.29, 1.82) is 0 Å². The minimum absolute atomic E-state index is 0.124. The number of aromatic nitrogens is 1. The molecule has 2 aromatic carbocycles. The predicted molar refractivity (Wildman–Crippen MR) is 107 cm³/mol. The van der Waals surface area contributed by atoms with Crippen LogP contribution in [-0.2, 0) is 4.79 Å². The lowest BCUT2D eigenvalue weighted by Crippen LogP contribution is -2.19. The highest BCUT2D eigenvalue weighted by atomic mass is 32.2. The molecule has 0 saturated carbocycles. The van der Waals surface area contributed by atoms with E-state index in [4.69, 9.17) is 18.6 Å². The van der Waals surface area contributed by atoms with E-state index in [9.17, 15) is 4.79 Å². The van der Waals surface area contributed by atoms with Crippen molar-refractivity contribution in [3.8, 4) is 17.2 Å². The zero-order valence-electron chi connectivity index (χ0n) is 15.6. The van der Waals surface area contributed by atoms with Gasteiger partial charge in [-0.15, -0.1) is 0 Å². The molecule has 0 fully saturated rings. The lowest BCUT2D eigenvalue weighted by atomic mass is 10.2. The maximum atomic E-state index is 12.0. The number of rotatable bonds is 8. The molecule has 0 unspecified atom stereocenters. The van der Waals surface area contributed by atoms with Crippen molar-refractivity contribution in [1.82, 2.24) is 10.4 Å². The van der Waals surface area contributed by atoms with Gasteiger partial charge in [-0.25, -0.2) is 10.4 Å². The van der Waals surface area contributed by atoms with Gasteiger partial charge in [-0.3, -0.25) is 4.79 Å². The molecule has 9 heteroatoms. The van der Waals surface area contributed by atoms with Gasteiger partial charge in [0.15, 0.2) is 17.1 Å². The first kappa shape index (κ1) is 19.6. The van der Waals surface area contributed by atoms with Crippen LogP contribution in [0.4, 0.5) is 0 Å². The summed E-state index contributed by atoms with van der Waals surface area (Å²) in [6, 6.07) is 10.9. The Bertz CT molecular complexity index is 944. The van der Waals surface area contributed by atoms with Crippen molar-refractivity contribution in [3.05, 3.63) is 42.0 Å². The van der Waals surface area contributed by atoms with Crippen LogP contribution in [0, 0.1) is 0 Å². The number of fused-ring (bicyclic) bond motifs is 1. The third-order valence-electron chi connectivity index (χ3n) is 3.69. The molecule has 1 aromatic heterocycles. The number of thioether (sulfide) groups is 1. The highest BCUT2D eigenvalue weighted by Crippen LogP contribution is 2.37. The Labute approximate surface area is 165 Å². The number of carbonyl (C=O) groups excluding carboxylic acids is 1. The van der Waals surface area contributed by atoms with E-state index in [-0.39, 0.29) is 11.7 Å². The van der Waals surface area contributed by atoms with E-state index in [1.54, 1.807) is 12.1 Å². The van der Waals surface area contributed by atoms with Crippen molar-refractivity contribution in [2.75, 3.05) is 27.1 Å². The minimum Gasteiger partial charge on any atom is -0.493 e. The number of ether oxygens (including phenoxy) is 3. The Morgan fingerprint density at radius 3 is 2.54 bits per heavy atom. The first-order valence-corrected chi connectivity index (χ1v) is 9.23. The SMILES string of the molecule is COc1cc(C=NNC(=O)CSc2nc3ccccc3o2)cc(OC)c1OC. The minimum atomic E-state index is -0.282. The van der Waals surface area contributed by atoms with Crippen molar-refractivity contribution in [2.45, 2.75) is 5.22 Å². The number of amides is 1. The third kappa shape index (κ3) is 4.55. The topological polar surface area (TPSA) is 95.2 Å². The Kier molecular flexibility index (Phi) is 6.38. The van der Waals surface area contributed by atoms with Gasteiger partial charge in [-0.05, 0) is 24.3 Å². The largest absolute Gasteiger partial charge is 0.493 e. The highest BCUT2D eigenvalue weighted by Gasteiger charge is 2.12. The third-order valence-corrected chi connectivity index (χ3v) is 4.52. The first-order valence-electron chi connectivity index (χ1n) is 8.25. The average Bonchev–Trinajstić information content (AvgIpc) is 3.14. The average molecular weight is 401 g/mol. The molecule has 0 aliphatic carbocycles. The van der Waals surface area contributed by atoms with E-state index in [1.165, 1.54) is 39.3 Å². The summed E-state index contributed by atoms with van der Waals surface area (Å²) in [7, 11) is 4.59. The van der Waals surface area contributed by atoms with Crippen LogP contribution in [0.5, 0.6) is 17.2 Å². The van der Waals surface area contributed by atoms with Gasteiger partial charge < -0.3 is 18.6 Å². The molecule has 1 amide bonds. The molecule has 0 atom stereocenters. The van der Waals surface area contributed by atoms with Gasteiger partial charge in [0.05, 0.1) is 33.3 Å². The standard InChI is InChI=1S/C19H19N3O5S/c1-24-15-8-12(9-16(25-2)18(15)26-3)10-20-22-17(23)11-28-19-21-13-6-4-5-7-14(13)27-19/h4-10H,11H2,1-3H3,(H,22,23). The summed E-state index contributed by atoms with van der Waals surface area (Å²) < 4.78 is 21.4. The molecule has 0 saturated heterocycles. The maximum absolute atomic E-state index is 12.0. The Morgan fingerprint density at radius 1 is 1.18 bits per heavy atom. The van der Waals surface area contributed by atoms with Crippen molar-refractivity contribution < 1.29 is 23.4 Å². The fourth-order valence-electron chi connectivity index (χ4n) is 2.43. The van der Waals surface area contributed by atoms with Gasteiger partial charge in [0, 0.05) is 5.56 Å². The Hall–Kier alpha value is -3.20. The second-order valence-electron chi connectivity index (χ2n) is 5.49. The van der Waals surface area contributed by atoms with Crippen LogP contribution in [0.2, 0.25) is 0 Å². The molecule has 0 spiro atoms. The van der Waals surface area contributed by atoms with Crippen LogP contribution in [0.3, 0.4) is 0 Å². The van der Waals surface area contributed by atoms with Gasteiger partial charge in [-0.1, -0.05) is 23.9 Å². The molecule has 146 valence electrons. The molecule has 3 aromatic rings. The summed E-state index contributed by atoms with van der Waals surface area (Å²) in [5.74, 6) is 1.33. The molecular formula is C19H19N3O5S. The number of nitrogens with one attached hydrogen (secondary N) is 1. The normalized spacial score (nSPS) is 11.0. The Balaban J connectivity index is 1.58. The molecule has 8 nitrogen and oxygen atoms in total. The molecule has 0 aliphatic heterocycles. The Morgan fingerprint density at radius 2 is 1.89 bits per heavy atom. The number of para-hydroxylation sites is 2. The van der Waals surface area contributed by atoms with Crippen LogP contribution in [0.1, 0.15) is 5.56 Å². The number of hydrogen-bond acceptors (Lipinski definition) is 8. The fraction of sp³-hybridized carbons (Fsp3) is 0.211. The van der Waals surface area contributed by atoms with E-state index >= 15 is 0 Å². The number of carbonyl (C=O) groups is 1. The monoisotopic (exact) mass is 401 g/mol. The van der Waals surface area contributed by atoms with Crippen LogP contribution >= 0.6 is 11.8 Å². The summed E-state index contributed by atoms with van der Waals surface area (Å²) in [5.41, 5.74) is 4.59. The lowest BCUT2D eigenvalue weighted by molar-refractivity contribution is -0.118. The van der Waals surface area contributed by atoms with Gasteiger partial charge in [-0.2, -0.15) is 5.10 Å². The van der Waals surface area contributed by atoms with Gasteiger partial charge in [0.25, 0.3) is 11.1 Å². The molecule has 28 heavy (non-hydrogen) atoms. The zero-order valence-corrected chi connectivity index (χ0v) is 16.4. The number of benzene rings is 2. The maximum Gasteiger partial charge on any atom is 0.257 e. The lowest BCUT2D eigenvalue weighted by Gasteiger charge is -2.12. The van der Waals surface area contributed by atoms with E-state index in [0.717, 1.165) is 5.52 Å². The second kappa shape index (κ2) is 9.14. The van der Waals surface area contributed by atoms with Crippen molar-refractivity contribution >= 4 is 35.0 Å². The molecular weight excluding hydrogens is 382 g/mol. The highest BCUT2D eigenvalue weighted by molar-refractivity contribution is 7.99. The molecule has 3 rings (SSSR count). The number of oxazole rings is 1. The summed E-state index contributed by atoms with van der Waals surface area (Å²) in [6.07, 6.45) is 1.49.